The van der Waals surface area contributed by atoms with Crippen molar-refractivity contribution in [2.75, 3.05) is 11.4 Å². The molecule has 0 amide bonds. The van der Waals surface area contributed by atoms with E-state index in [-0.39, 0.29) is 0 Å². The minimum Gasteiger partial charge on any atom is -0.362 e. The first-order chi connectivity index (χ1) is 8.36. The second kappa shape index (κ2) is 4.41. The highest BCUT2D eigenvalue weighted by molar-refractivity contribution is 6.17. The molecule has 1 aliphatic heterocycles. The molecule has 0 spiro atoms. The lowest BCUT2D eigenvalue weighted by Crippen LogP contribution is -2.33. The van der Waals surface area contributed by atoms with Crippen LogP contribution in [0.1, 0.15) is 11.4 Å². The van der Waals surface area contributed by atoms with Crippen LogP contribution in [0.15, 0.2) is 36.7 Å². The van der Waals surface area contributed by atoms with Crippen molar-refractivity contribution in [3.63, 3.8) is 0 Å². The SMILES string of the molecule is ClCc1ccc(N2CCn3ccnc3C2)cc1. The van der Waals surface area contributed by atoms with Gasteiger partial charge in [0.1, 0.15) is 5.82 Å². The molecule has 2 heterocycles. The van der Waals surface area contributed by atoms with Gasteiger partial charge in [-0.3, -0.25) is 0 Å². The third kappa shape index (κ3) is 2.03. The number of nitrogens with zero attached hydrogens (tertiary/aromatic N) is 3. The topological polar surface area (TPSA) is 21.1 Å². The molecule has 3 nitrogen and oxygen atoms in total. The van der Waals surface area contributed by atoms with Crippen LogP contribution >= 0.6 is 11.6 Å². The Kier molecular flexibility index (Phi) is 2.77. The number of rotatable bonds is 2. The van der Waals surface area contributed by atoms with Gasteiger partial charge in [0.05, 0.1) is 6.54 Å². The van der Waals surface area contributed by atoms with Crippen LogP contribution in [0.2, 0.25) is 0 Å². The Morgan fingerprint density at radius 2 is 2.00 bits per heavy atom. The Morgan fingerprint density at radius 1 is 1.18 bits per heavy atom. The van der Waals surface area contributed by atoms with Crippen molar-refractivity contribution >= 4 is 17.3 Å². The van der Waals surface area contributed by atoms with Gasteiger partial charge in [0.2, 0.25) is 0 Å². The molecule has 1 aromatic heterocycles. The second-order valence-electron chi connectivity index (χ2n) is 4.26. The second-order valence-corrected chi connectivity index (χ2v) is 4.53. The molecular formula is C13H14ClN3. The van der Waals surface area contributed by atoms with Crippen molar-refractivity contribution in [2.45, 2.75) is 19.0 Å². The molecule has 0 aliphatic carbocycles. The number of anilines is 1. The summed E-state index contributed by atoms with van der Waals surface area (Å²) in [5.41, 5.74) is 2.40. The fraction of sp³-hybridized carbons (Fsp3) is 0.308. The van der Waals surface area contributed by atoms with Crippen LogP contribution in [0.4, 0.5) is 5.69 Å². The van der Waals surface area contributed by atoms with Gasteiger partial charge in [0.25, 0.3) is 0 Å². The summed E-state index contributed by atoms with van der Waals surface area (Å²) >= 11 is 5.79. The van der Waals surface area contributed by atoms with Crippen LogP contribution in [-0.4, -0.2) is 16.1 Å². The number of fused-ring (bicyclic) bond motifs is 1. The fourth-order valence-electron chi connectivity index (χ4n) is 2.19. The largest absolute Gasteiger partial charge is 0.362 e. The van der Waals surface area contributed by atoms with Gasteiger partial charge in [-0.15, -0.1) is 11.6 Å². The number of aromatic nitrogens is 2. The van der Waals surface area contributed by atoms with Crippen molar-refractivity contribution in [3.8, 4) is 0 Å². The third-order valence-electron chi connectivity index (χ3n) is 3.20. The van der Waals surface area contributed by atoms with Crippen LogP contribution in [-0.2, 0) is 19.0 Å². The number of imidazole rings is 1. The van der Waals surface area contributed by atoms with Crippen LogP contribution in [0.3, 0.4) is 0 Å². The summed E-state index contributed by atoms with van der Waals surface area (Å²) in [6.07, 6.45) is 3.92. The maximum atomic E-state index is 5.79. The highest BCUT2D eigenvalue weighted by atomic mass is 35.5. The predicted octanol–water partition coefficient (Wildman–Crippen LogP) is 2.64. The van der Waals surface area contributed by atoms with Crippen LogP contribution in [0.25, 0.3) is 0 Å². The summed E-state index contributed by atoms with van der Waals surface area (Å²) in [4.78, 5) is 6.71. The monoisotopic (exact) mass is 247 g/mol. The highest BCUT2D eigenvalue weighted by Crippen LogP contribution is 2.21. The molecule has 17 heavy (non-hydrogen) atoms. The van der Waals surface area contributed by atoms with Gasteiger partial charge in [0.15, 0.2) is 0 Å². The van der Waals surface area contributed by atoms with Crippen LogP contribution in [0, 0.1) is 0 Å². The van der Waals surface area contributed by atoms with Gasteiger partial charge in [-0.1, -0.05) is 12.1 Å². The van der Waals surface area contributed by atoms with Gasteiger partial charge in [-0.2, -0.15) is 0 Å². The van der Waals surface area contributed by atoms with E-state index in [1.54, 1.807) is 0 Å². The molecule has 1 aliphatic rings. The molecule has 0 unspecified atom stereocenters. The maximum Gasteiger partial charge on any atom is 0.128 e. The van der Waals surface area contributed by atoms with Crippen molar-refractivity contribution in [1.29, 1.82) is 0 Å². The quantitative estimate of drug-likeness (QED) is 0.761. The molecule has 4 heteroatoms. The predicted molar refractivity (Wildman–Crippen MR) is 69.3 cm³/mol. The van der Waals surface area contributed by atoms with E-state index in [9.17, 15) is 0 Å². The molecule has 0 saturated heterocycles. The number of halogens is 1. The van der Waals surface area contributed by atoms with E-state index < -0.39 is 0 Å². The first-order valence-electron chi connectivity index (χ1n) is 5.76. The standard InChI is InChI=1S/C13H14ClN3/c14-9-11-1-3-12(4-2-11)17-8-7-16-6-5-15-13(16)10-17/h1-6H,7-10H2. The lowest BCUT2D eigenvalue weighted by molar-refractivity contribution is 0.560. The van der Waals surface area contributed by atoms with Crippen molar-refractivity contribution in [1.82, 2.24) is 9.55 Å². The molecule has 0 saturated carbocycles. The normalized spacial score (nSPS) is 14.8. The minimum absolute atomic E-state index is 0.574. The number of hydrogen-bond donors (Lipinski definition) is 0. The molecule has 0 fully saturated rings. The number of benzene rings is 1. The van der Waals surface area contributed by atoms with Crippen molar-refractivity contribution in [3.05, 3.63) is 48.0 Å². The third-order valence-corrected chi connectivity index (χ3v) is 3.51. The first kappa shape index (κ1) is 10.7. The van der Waals surface area contributed by atoms with Gasteiger partial charge < -0.3 is 9.47 Å². The Morgan fingerprint density at radius 3 is 2.76 bits per heavy atom. The molecule has 3 rings (SSSR count). The molecule has 1 aromatic carbocycles. The van der Waals surface area contributed by atoms with Gasteiger partial charge in [0, 0.05) is 37.1 Å². The first-order valence-corrected chi connectivity index (χ1v) is 6.30. The maximum absolute atomic E-state index is 5.79. The molecule has 0 bridgehead atoms. The van der Waals surface area contributed by atoms with Gasteiger partial charge in [-0.05, 0) is 17.7 Å². The summed E-state index contributed by atoms with van der Waals surface area (Å²) < 4.78 is 2.21. The molecule has 2 aromatic rings. The van der Waals surface area contributed by atoms with E-state index in [0.29, 0.717) is 5.88 Å². The Bertz CT molecular complexity index is 504. The smallest absolute Gasteiger partial charge is 0.128 e. The summed E-state index contributed by atoms with van der Waals surface area (Å²) in [6, 6.07) is 8.44. The Hall–Kier alpha value is -1.48. The molecule has 0 atom stereocenters. The fourth-order valence-corrected chi connectivity index (χ4v) is 2.37. The van der Waals surface area contributed by atoms with E-state index in [2.05, 4.69) is 38.7 Å². The average molecular weight is 248 g/mol. The minimum atomic E-state index is 0.574. The summed E-state index contributed by atoms with van der Waals surface area (Å²) in [6.45, 7) is 2.92. The van der Waals surface area contributed by atoms with E-state index in [1.165, 1.54) is 5.69 Å². The lowest BCUT2D eigenvalue weighted by atomic mass is 10.2. The zero-order chi connectivity index (χ0) is 11.7. The average Bonchev–Trinajstić information content (AvgIpc) is 2.86. The van der Waals surface area contributed by atoms with E-state index in [0.717, 1.165) is 31.0 Å². The van der Waals surface area contributed by atoms with Gasteiger partial charge >= 0.3 is 0 Å². The van der Waals surface area contributed by atoms with E-state index >= 15 is 0 Å². The zero-order valence-electron chi connectivity index (χ0n) is 9.51. The number of hydrogen-bond acceptors (Lipinski definition) is 2. The molecule has 0 N–H and O–H groups in total. The Labute approximate surface area is 106 Å². The van der Waals surface area contributed by atoms with Crippen LogP contribution in [0.5, 0.6) is 0 Å². The van der Waals surface area contributed by atoms with E-state index in [4.69, 9.17) is 11.6 Å². The van der Waals surface area contributed by atoms with Crippen molar-refractivity contribution < 1.29 is 0 Å². The lowest BCUT2D eigenvalue weighted by Gasteiger charge is -2.29. The van der Waals surface area contributed by atoms with E-state index in [1.807, 2.05) is 12.4 Å². The van der Waals surface area contributed by atoms with Gasteiger partial charge in [-0.25, -0.2) is 4.98 Å². The van der Waals surface area contributed by atoms with Crippen LogP contribution < -0.4 is 4.90 Å². The highest BCUT2D eigenvalue weighted by Gasteiger charge is 2.16. The zero-order valence-corrected chi connectivity index (χ0v) is 10.3. The van der Waals surface area contributed by atoms with Crippen molar-refractivity contribution in [2.24, 2.45) is 0 Å². The summed E-state index contributed by atoms with van der Waals surface area (Å²) in [7, 11) is 0. The summed E-state index contributed by atoms with van der Waals surface area (Å²) in [5.74, 6) is 1.71. The molecule has 0 radical (unpaired) electrons. The molecular weight excluding hydrogens is 234 g/mol. The Balaban J connectivity index is 1.81. The molecule has 88 valence electrons. The number of alkyl halides is 1. The summed E-state index contributed by atoms with van der Waals surface area (Å²) in [5, 5.41) is 0.